The zero-order chi connectivity index (χ0) is 16.2. The second kappa shape index (κ2) is 11.1. The van der Waals surface area contributed by atoms with E-state index in [-0.39, 0.29) is 5.97 Å². The summed E-state index contributed by atoms with van der Waals surface area (Å²) in [5, 5.41) is 0. The highest BCUT2D eigenvalue weighted by Gasteiger charge is 2.16. The summed E-state index contributed by atoms with van der Waals surface area (Å²) in [6.07, 6.45) is 8.20. The van der Waals surface area contributed by atoms with Gasteiger partial charge in [-0.3, -0.25) is 0 Å². The third-order valence-electron chi connectivity index (χ3n) is 3.72. The highest BCUT2D eigenvalue weighted by atomic mass is 16.5. The number of ether oxygens (including phenoxy) is 2. The van der Waals surface area contributed by atoms with E-state index in [4.69, 9.17) is 9.47 Å². The Morgan fingerprint density at radius 3 is 2.41 bits per heavy atom. The molecule has 1 rings (SSSR count). The smallest absolute Gasteiger partial charge is 0.341 e. The summed E-state index contributed by atoms with van der Waals surface area (Å²) >= 11 is 0. The minimum Gasteiger partial charge on any atom is -0.492 e. The van der Waals surface area contributed by atoms with E-state index in [0.717, 1.165) is 18.4 Å². The van der Waals surface area contributed by atoms with Crippen molar-refractivity contribution in [3.05, 3.63) is 29.3 Å². The van der Waals surface area contributed by atoms with E-state index in [9.17, 15) is 4.79 Å². The normalized spacial score (nSPS) is 10.5. The van der Waals surface area contributed by atoms with Crippen LogP contribution in [-0.2, 0) is 11.2 Å². The minimum absolute atomic E-state index is 0.296. The molecule has 22 heavy (non-hydrogen) atoms. The second-order valence-corrected chi connectivity index (χ2v) is 5.48. The van der Waals surface area contributed by atoms with Crippen molar-refractivity contribution >= 4 is 5.97 Å². The molecule has 1 aromatic carbocycles. The first-order valence-electron chi connectivity index (χ1n) is 8.66. The molecule has 0 bridgehead atoms. The van der Waals surface area contributed by atoms with Crippen molar-refractivity contribution in [1.29, 1.82) is 0 Å². The van der Waals surface area contributed by atoms with Gasteiger partial charge in [0.05, 0.1) is 13.2 Å². The average molecular weight is 306 g/mol. The van der Waals surface area contributed by atoms with E-state index >= 15 is 0 Å². The first-order valence-corrected chi connectivity index (χ1v) is 8.66. The van der Waals surface area contributed by atoms with Gasteiger partial charge in [0.15, 0.2) is 0 Å². The van der Waals surface area contributed by atoms with Crippen LogP contribution in [0.2, 0.25) is 0 Å². The average Bonchev–Trinajstić information content (AvgIpc) is 2.54. The predicted molar refractivity (Wildman–Crippen MR) is 90.6 cm³/mol. The van der Waals surface area contributed by atoms with E-state index in [0.29, 0.717) is 24.5 Å². The van der Waals surface area contributed by atoms with Crippen molar-refractivity contribution in [3.8, 4) is 5.75 Å². The van der Waals surface area contributed by atoms with Gasteiger partial charge in [0.1, 0.15) is 11.3 Å². The van der Waals surface area contributed by atoms with Gasteiger partial charge in [0.2, 0.25) is 0 Å². The third-order valence-corrected chi connectivity index (χ3v) is 3.72. The largest absolute Gasteiger partial charge is 0.492 e. The van der Waals surface area contributed by atoms with E-state index in [2.05, 4.69) is 13.8 Å². The van der Waals surface area contributed by atoms with E-state index in [1.165, 1.54) is 32.1 Å². The van der Waals surface area contributed by atoms with Gasteiger partial charge in [0.25, 0.3) is 0 Å². The summed E-state index contributed by atoms with van der Waals surface area (Å²) < 4.78 is 11.1. The van der Waals surface area contributed by atoms with Crippen molar-refractivity contribution in [2.75, 3.05) is 13.2 Å². The van der Waals surface area contributed by atoms with Gasteiger partial charge < -0.3 is 9.47 Å². The number of para-hydroxylation sites is 1. The molecule has 3 nitrogen and oxygen atoms in total. The molecule has 0 fully saturated rings. The number of carbonyl (C=O) groups excluding carboxylic acids is 1. The van der Waals surface area contributed by atoms with Crippen molar-refractivity contribution in [1.82, 2.24) is 0 Å². The molecule has 0 aromatic heterocycles. The fourth-order valence-electron chi connectivity index (χ4n) is 2.46. The summed E-state index contributed by atoms with van der Waals surface area (Å²) in [6.45, 7) is 7.16. The minimum atomic E-state index is -0.296. The SMILES string of the molecule is CCCCCCCCOc1c(CC)cccc1C(=O)OCC. The molecule has 0 saturated carbocycles. The van der Waals surface area contributed by atoms with Gasteiger partial charge in [-0.15, -0.1) is 0 Å². The number of unbranched alkanes of at least 4 members (excludes halogenated alkanes) is 5. The van der Waals surface area contributed by atoms with Crippen molar-refractivity contribution < 1.29 is 14.3 Å². The zero-order valence-corrected chi connectivity index (χ0v) is 14.3. The lowest BCUT2D eigenvalue weighted by Crippen LogP contribution is -2.10. The Labute approximate surface area is 135 Å². The molecule has 0 radical (unpaired) electrons. The van der Waals surface area contributed by atoms with E-state index < -0.39 is 0 Å². The molecule has 0 saturated heterocycles. The number of benzene rings is 1. The zero-order valence-electron chi connectivity index (χ0n) is 14.3. The van der Waals surface area contributed by atoms with Crippen LogP contribution in [0.3, 0.4) is 0 Å². The van der Waals surface area contributed by atoms with Gasteiger partial charge in [0, 0.05) is 0 Å². The maximum Gasteiger partial charge on any atom is 0.341 e. The topological polar surface area (TPSA) is 35.5 Å². The molecule has 0 N–H and O–H groups in total. The number of aryl methyl sites for hydroxylation is 1. The fraction of sp³-hybridized carbons (Fsp3) is 0.632. The van der Waals surface area contributed by atoms with Crippen LogP contribution < -0.4 is 4.74 Å². The van der Waals surface area contributed by atoms with E-state index in [1.807, 2.05) is 19.1 Å². The number of carbonyl (C=O) groups is 1. The Balaban J connectivity index is 2.57. The molecule has 0 atom stereocenters. The molecule has 0 aliphatic rings. The standard InChI is InChI=1S/C19H30O3/c1-4-7-8-9-10-11-15-22-18-16(5-2)13-12-14-17(18)19(20)21-6-3/h12-14H,4-11,15H2,1-3H3. The van der Waals surface area contributed by atoms with Gasteiger partial charge in [-0.05, 0) is 31.4 Å². The van der Waals surface area contributed by atoms with Crippen molar-refractivity contribution in [2.45, 2.75) is 65.7 Å². The second-order valence-electron chi connectivity index (χ2n) is 5.48. The van der Waals surface area contributed by atoms with Gasteiger partial charge in [-0.2, -0.15) is 0 Å². The Morgan fingerprint density at radius 2 is 1.73 bits per heavy atom. The molecule has 0 aliphatic heterocycles. The molecular formula is C19H30O3. The highest BCUT2D eigenvalue weighted by Crippen LogP contribution is 2.26. The number of esters is 1. The fourth-order valence-corrected chi connectivity index (χ4v) is 2.46. The summed E-state index contributed by atoms with van der Waals surface area (Å²) in [4.78, 5) is 12.0. The van der Waals surface area contributed by atoms with Crippen LogP contribution in [0.1, 0.15) is 75.2 Å². The quantitative estimate of drug-likeness (QED) is 0.418. The van der Waals surface area contributed by atoms with Crippen LogP contribution >= 0.6 is 0 Å². The molecule has 0 unspecified atom stereocenters. The lowest BCUT2D eigenvalue weighted by molar-refractivity contribution is 0.0521. The van der Waals surface area contributed by atoms with Gasteiger partial charge in [-0.1, -0.05) is 58.1 Å². The first kappa shape index (κ1) is 18.5. The lowest BCUT2D eigenvalue weighted by atomic mass is 10.1. The molecule has 0 amide bonds. The predicted octanol–water partition coefficient (Wildman–Crippen LogP) is 5.17. The molecule has 124 valence electrons. The first-order chi connectivity index (χ1) is 10.7. The van der Waals surface area contributed by atoms with Crippen LogP contribution in [-0.4, -0.2) is 19.2 Å². The molecule has 0 heterocycles. The number of hydrogen-bond acceptors (Lipinski definition) is 3. The molecule has 1 aromatic rings. The highest BCUT2D eigenvalue weighted by molar-refractivity contribution is 5.93. The van der Waals surface area contributed by atoms with Crippen molar-refractivity contribution in [2.24, 2.45) is 0 Å². The Bertz CT molecular complexity index is 440. The molecule has 0 aliphatic carbocycles. The lowest BCUT2D eigenvalue weighted by Gasteiger charge is -2.14. The molecule has 0 spiro atoms. The molecular weight excluding hydrogens is 276 g/mol. The van der Waals surface area contributed by atoms with Gasteiger partial charge in [-0.25, -0.2) is 4.79 Å². The maximum atomic E-state index is 12.0. The summed E-state index contributed by atoms with van der Waals surface area (Å²) in [6, 6.07) is 5.69. The summed E-state index contributed by atoms with van der Waals surface area (Å²) in [7, 11) is 0. The van der Waals surface area contributed by atoms with Crippen molar-refractivity contribution in [3.63, 3.8) is 0 Å². The van der Waals surface area contributed by atoms with E-state index in [1.54, 1.807) is 6.07 Å². The Hall–Kier alpha value is -1.51. The summed E-state index contributed by atoms with van der Waals surface area (Å²) in [5.41, 5.74) is 1.61. The monoisotopic (exact) mass is 306 g/mol. The number of hydrogen-bond donors (Lipinski definition) is 0. The Kier molecular flexibility index (Phi) is 9.36. The maximum absolute atomic E-state index is 12.0. The Morgan fingerprint density at radius 1 is 1.00 bits per heavy atom. The van der Waals surface area contributed by atoms with Crippen LogP contribution in [0.4, 0.5) is 0 Å². The van der Waals surface area contributed by atoms with Crippen LogP contribution in [0.5, 0.6) is 5.75 Å². The van der Waals surface area contributed by atoms with Crippen LogP contribution in [0.25, 0.3) is 0 Å². The third kappa shape index (κ3) is 6.08. The summed E-state index contributed by atoms with van der Waals surface area (Å²) in [5.74, 6) is 0.410. The van der Waals surface area contributed by atoms with Crippen LogP contribution in [0.15, 0.2) is 18.2 Å². The number of rotatable bonds is 11. The van der Waals surface area contributed by atoms with Crippen LogP contribution in [0, 0.1) is 0 Å². The van der Waals surface area contributed by atoms with Gasteiger partial charge >= 0.3 is 5.97 Å². The molecule has 3 heteroatoms.